The predicted molar refractivity (Wildman–Crippen MR) is 168 cm³/mol. The Labute approximate surface area is 279 Å². The average Bonchev–Trinajstić information content (AvgIpc) is 3.06. The maximum absolute atomic E-state index is 13.0. The molecule has 2 rings (SSSR count). The van der Waals surface area contributed by atoms with Crippen molar-refractivity contribution in [2.24, 2.45) is 0 Å². The van der Waals surface area contributed by atoms with Crippen LogP contribution in [0, 0.1) is 0 Å². The third kappa shape index (κ3) is 19.5. The molecule has 0 aliphatic heterocycles. The van der Waals surface area contributed by atoms with Crippen molar-refractivity contribution in [2.75, 3.05) is 111 Å². The van der Waals surface area contributed by atoms with Gasteiger partial charge in [-0.3, -0.25) is 4.79 Å². The molecule has 1 N–H and O–H groups in total. The first-order valence-electron chi connectivity index (χ1n) is 15.7. The summed E-state index contributed by atoms with van der Waals surface area (Å²) >= 11 is 0. The second-order valence-electron chi connectivity index (χ2n) is 9.73. The fraction of sp³-hybridized carbons (Fsp3) is 0.576. The molecule has 0 heterocycles. The number of benzene rings is 2. The van der Waals surface area contributed by atoms with Crippen molar-refractivity contribution in [3.05, 3.63) is 59.7 Å². The number of hydrogen-bond acceptors (Lipinski definition) is 12. The molecular weight excluding hydrogens is 643 g/mol. The van der Waals surface area contributed by atoms with Crippen LogP contribution in [-0.4, -0.2) is 118 Å². The van der Waals surface area contributed by atoms with Crippen molar-refractivity contribution < 1.29 is 65.4 Å². The third-order valence-electron chi connectivity index (χ3n) is 6.06. The lowest BCUT2D eigenvalue weighted by Crippen LogP contribution is -2.16. The maximum atomic E-state index is 13.0. The van der Waals surface area contributed by atoms with Crippen LogP contribution in [0.15, 0.2) is 48.5 Å². The topological polar surface area (TPSA) is 129 Å². The first kappa shape index (κ1) is 40.9. The molecule has 0 saturated carbocycles. The van der Waals surface area contributed by atoms with Crippen LogP contribution in [0.3, 0.4) is 0 Å². The van der Waals surface area contributed by atoms with Gasteiger partial charge in [-0.25, -0.2) is 4.79 Å². The zero-order valence-corrected chi connectivity index (χ0v) is 27.3. The monoisotopic (exact) mass is 689 g/mol. The summed E-state index contributed by atoms with van der Waals surface area (Å²) in [5.41, 5.74) is -0.102. The molecule has 0 bridgehead atoms. The smallest absolute Gasteiger partial charge is 0.416 e. The number of anilines is 2. The predicted octanol–water partition coefficient (Wildman–Crippen LogP) is 4.68. The molecule has 0 atom stereocenters. The Morgan fingerprint density at radius 2 is 1.08 bits per heavy atom. The molecule has 0 fully saturated rings. The maximum Gasteiger partial charge on any atom is 0.416 e. The van der Waals surface area contributed by atoms with Crippen LogP contribution in [0.2, 0.25) is 0 Å². The van der Waals surface area contributed by atoms with E-state index in [9.17, 15) is 22.8 Å². The van der Waals surface area contributed by atoms with Crippen molar-refractivity contribution in [1.82, 2.24) is 0 Å². The van der Waals surface area contributed by atoms with Gasteiger partial charge in [0, 0.05) is 5.69 Å². The number of nitrogens with one attached hydrogen (secondary N) is 1. The van der Waals surface area contributed by atoms with Gasteiger partial charge in [0.1, 0.15) is 6.61 Å². The van der Waals surface area contributed by atoms with E-state index in [2.05, 4.69) is 5.32 Å². The fourth-order valence-electron chi connectivity index (χ4n) is 3.78. The van der Waals surface area contributed by atoms with Crippen LogP contribution in [0.1, 0.15) is 29.3 Å². The molecule has 0 radical (unpaired) electrons. The Hall–Kier alpha value is -3.31. The molecule has 0 saturated heterocycles. The number of ether oxygens (including phenoxy) is 9. The van der Waals surface area contributed by atoms with Gasteiger partial charge in [-0.05, 0) is 37.3 Å². The van der Waals surface area contributed by atoms with Gasteiger partial charge < -0.3 is 47.9 Å². The van der Waals surface area contributed by atoms with Crippen LogP contribution in [0.4, 0.5) is 24.5 Å². The molecule has 12 nitrogen and oxygen atoms in total. The largest absolute Gasteiger partial charge is 0.466 e. The lowest BCUT2D eigenvalue weighted by atomic mass is 10.1. The minimum Gasteiger partial charge on any atom is -0.466 e. The number of para-hydroxylation sites is 1. The molecule has 48 heavy (non-hydrogen) atoms. The summed E-state index contributed by atoms with van der Waals surface area (Å²) in [4.78, 5) is 23.7. The number of esters is 2. The third-order valence-corrected chi connectivity index (χ3v) is 6.06. The van der Waals surface area contributed by atoms with Crippen molar-refractivity contribution in [1.29, 1.82) is 0 Å². The minimum atomic E-state index is -4.48. The Bertz CT molecular complexity index is 1150. The summed E-state index contributed by atoms with van der Waals surface area (Å²) in [5, 5.41) is 2.85. The number of carbonyl (C=O) groups excluding carboxylic acids is 2. The Morgan fingerprint density at radius 3 is 1.58 bits per heavy atom. The molecule has 0 spiro atoms. The summed E-state index contributed by atoms with van der Waals surface area (Å²) in [7, 11) is 0. The van der Waals surface area contributed by atoms with Crippen LogP contribution < -0.4 is 5.32 Å². The van der Waals surface area contributed by atoms with E-state index in [1.54, 1.807) is 25.1 Å². The second-order valence-corrected chi connectivity index (χ2v) is 9.73. The molecular formula is C33H46F3NO11. The number of halogens is 3. The molecule has 2 aromatic carbocycles. The lowest BCUT2D eigenvalue weighted by molar-refractivity contribution is -0.144. The fourth-order valence-corrected chi connectivity index (χ4v) is 3.78. The van der Waals surface area contributed by atoms with E-state index in [1.807, 2.05) is 0 Å². The van der Waals surface area contributed by atoms with Gasteiger partial charge in [0.15, 0.2) is 0 Å². The molecule has 0 aliphatic carbocycles. The molecule has 0 amide bonds. The molecule has 0 aliphatic rings. The number of hydrogen-bond donors (Lipinski definition) is 1. The molecule has 0 unspecified atom stereocenters. The van der Waals surface area contributed by atoms with Gasteiger partial charge in [0.25, 0.3) is 0 Å². The van der Waals surface area contributed by atoms with Crippen molar-refractivity contribution >= 4 is 23.3 Å². The Morgan fingerprint density at radius 1 is 0.604 bits per heavy atom. The number of carbonyl (C=O) groups is 2. The van der Waals surface area contributed by atoms with Gasteiger partial charge in [-0.2, -0.15) is 13.2 Å². The second kappa shape index (κ2) is 25.7. The van der Waals surface area contributed by atoms with E-state index in [-0.39, 0.29) is 36.9 Å². The summed E-state index contributed by atoms with van der Waals surface area (Å²) in [6.45, 7) is 7.42. The van der Waals surface area contributed by atoms with E-state index in [0.717, 1.165) is 12.1 Å². The van der Waals surface area contributed by atoms with E-state index in [0.29, 0.717) is 98.2 Å². The Balaban J connectivity index is 1.37. The van der Waals surface area contributed by atoms with Gasteiger partial charge in [0.05, 0.1) is 122 Å². The van der Waals surface area contributed by atoms with Gasteiger partial charge in [0.2, 0.25) is 0 Å². The van der Waals surface area contributed by atoms with Gasteiger partial charge in [-0.1, -0.05) is 18.2 Å². The number of alkyl halides is 3. The Kier molecular flexibility index (Phi) is 21.9. The molecule has 15 heteroatoms. The average molecular weight is 690 g/mol. The van der Waals surface area contributed by atoms with Crippen molar-refractivity contribution in [2.45, 2.75) is 19.5 Å². The summed E-state index contributed by atoms with van der Waals surface area (Å²) in [6, 6.07) is 11.1. The quantitative estimate of drug-likeness (QED) is 0.0985. The van der Waals surface area contributed by atoms with E-state index in [4.69, 9.17) is 42.6 Å². The van der Waals surface area contributed by atoms with Crippen molar-refractivity contribution in [3.8, 4) is 0 Å². The van der Waals surface area contributed by atoms with Crippen LogP contribution in [0.5, 0.6) is 0 Å². The highest BCUT2D eigenvalue weighted by Crippen LogP contribution is 2.32. The SMILES string of the molecule is CCOC(=O)CCOCCOCCOCCOCCOCCOCCOCCOC(=O)c1ccccc1Nc1cccc(C(F)(F)F)c1. The summed E-state index contributed by atoms with van der Waals surface area (Å²) in [6.07, 6.45) is -4.25. The van der Waals surface area contributed by atoms with Crippen LogP contribution in [0.25, 0.3) is 0 Å². The minimum absolute atomic E-state index is 0.00496. The van der Waals surface area contributed by atoms with Gasteiger partial charge in [-0.15, -0.1) is 0 Å². The molecule has 0 aromatic heterocycles. The van der Waals surface area contributed by atoms with Crippen LogP contribution >= 0.6 is 0 Å². The zero-order chi connectivity index (χ0) is 34.7. The van der Waals surface area contributed by atoms with Crippen molar-refractivity contribution in [3.63, 3.8) is 0 Å². The highest BCUT2D eigenvalue weighted by Gasteiger charge is 2.30. The summed E-state index contributed by atoms with van der Waals surface area (Å²) in [5.74, 6) is -0.904. The van der Waals surface area contributed by atoms with E-state index < -0.39 is 17.7 Å². The first-order valence-corrected chi connectivity index (χ1v) is 15.7. The van der Waals surface area contributed by atoms with E-state index in [1.165, 1.54) is 18.2 Å². The zero-order valence-electron chi connectivity index (χ0n) is 27.3. The van der Waals surface area contributed by atoms with E-state index >= 15 is 0 Å². The highest BCUT2D eigenvalue weighted by molar-refractivity contribution is 5.96. The first-order chi connectivity index (χ1) is 23.3. The molecule has 2 aromatic rings. The van der Waals surface area contributed by atoms with Gasteiger partial charge >= 0.3 is 18.1 Å². The van der Waals surface area contributed by atoms with Crippen LogP contribution in [-0.2, 0) is 53.6 Å². The summed E-state index contributed by atoms with van der Waals surface area (Å²) < 4.78 is 86.9. The lowest BCUT2D eigenvalue weighted by Gasteiger charge is -2.13. The standard InChI is InChI=1S/C33H46F3NO11/c1-2-47-31(38)10-11-40-12-13-41-14-15-42-16-17-43-18-19-44-20-21-45-22-23-46-24-25-48-32(39)29-8-3-4-9-30(29)37-28-7-5-6-27(26-28)33(34,35)36/h3-9,26,37H,2,10-25H2,1H3. The molecule has 270 valence electrons. The number of rotatable bonds is 28. The normalized spacial score (nSPS) is 11.4. The highest BCUT2D eigenvalue weighted by atomic mass is 19.4.